The largest absolute Gasteiger partial charge is 0.503 e. The molecule has 1 aliphatic rings. The van der Waals surface area contributed by atoms with E-state index in [1.807, 2.05) is 0 Å². The van der Waals surface area contributed by atoms with Crippen molar-refractivity contribution in [2.75, 3.05) is 0 Å². The van der Waals surface area contributed by atoms with Gasteiger partial charge < -0.3 is 9.67 Å². The summed E-state index contributed by atoms with van der Waals surface area (Å²) < 4.78 is 1.59. The zero-order valence-electron chi connectivity index (χ0n) is 6.03. The zero-order valence-corrected chi connectivity index (χ0v) is 6.03. The van der Waals surface area contributed by atoms with E-state index in [4.69, 9.17) is 5.11 Å². The summed E-state index contributed by atoms with van der Waals surface area (Å²) in [6.45, 7) is 0. The molecule has 0 unspecified atom stereocenters. The summed E-state index contributed by atoms with van der Waals surface area (Å²) in [7, 11) is 0. The summed E-state index contributed by atoms with van der Waals surface area (Å²) in [6, 6.07) is 3.45. The Balaban J connectivity index is 2.54. The van der Waals surface area contributed by atoms with E-state index in [0.29, 0.717) is 6.04 Å². The number of pyridine rings is 1. The normalized spacial score (nSPS) is 16.7. The van der Waals surface area contributed by atoms with Crippen molar-refractivity contribution < 1.29 is 5.11 Å². The monoisotopic (exact) mass is 151 g/mol. The number of aromatic nitrogens is 1. The summed E-state index contributed by atoms with van der Waals surface area (Å²) in [5.74, 6) is -0.153. The average molecular weight is 151 g/mol. The van der Waals surface area contributed by atoms with E-state index in [1.54, 1.807) is 16.8 Å². The Morgan fingerprint density at radius 3 is 2.91 bits per heavy atom. The van der Waals surface area contributed by atoms with Crippen molar-refractivity contribution in [3.05, 3.63) is 28.7 Å². The molecule has 1 aromatic heterocycles. The van der Waals surface area contributed by atoms with Gasteiger partial charge in [0.2, 0.25) is 0 Å². The minimum Gasteiger partial charge on any atom is -0.503 e. The van der Waals surface area contributed by atoms with Crippen LogP contribution in [0.15, 0.2) is 23.1 Å². The van der Waals surface area contributed by atoms with Crippen LogP contribution in [0.2, 0.25) is 0 Å². The third-order valence-corrected chi connectivity index (χ3v) is 1.89. The molecule has 0 radical (unpaired) electrons. The lowest BCUT2D eigenvalue weighted by Gasteiger charge is -2.01. The molecule has 0 atom stereocenters. The molecule has 0 saturated heterocycles. The van der Waals surface area contributed by atoms with Gasteiger partial charge in [-0.1, -0.05) is 0 Å². The Bertz CT molecular complexity index is 325. The van der Waals surface area contributed by atoms with Gasteiger partial charge in [0.15, 0.2) is 5.75 Å². The van der Waals surface area contributed by atoms with Crippen molar-refractivity contribution in [2.45, 2.75) is 18.9 Å². The molecule has 1 aliphatic carbocycles. The quantitative estimate of drug-likeness (QED) is 0.647. The van der Waals surface area contributed by atoms with E-state index < -0.39 is 0 Å². The summed E-state index contributed by atoms with van der Waals surface area (Å²) in [5.41, 5.74) is -0.269. The fourth-order valence-electron chi connectivity index (χ4n) is 1.14. The molecule has 58 valence electrons. The van der Waals surface area contributed by atoms with Crippen LogP contribution in [-0.2, 0) is 0 Å². The highest BCUT2D eigenvalue weighted by molar-refractivity contribution is 5.16. The summed E-state index contributed by atoms with van der Waals surface area (Å²) in [5, 5.41) is 9.04. The van der Waals surface area contributed by atoms with Gasteiger partial charge in [0.05, 0.1) is 0 Å². The lowest BCUT2D eigenvalue weighted by molar-refractivity contribution is 0.457. The van der Waals surface area contributed by atoms with Crippen LogP contribution >= 0.6 is 0 Å². The van der Waals surface area contributed by atoms with E-state index in [2.05, 4.69) is 0 Å². The van der Waals surface area contributed by atoms with Gasteiger partial charge in [-0.15, -0.1) is 0 Å². The SMILES string of the molecule is O=c1c(O)cccn1C1CC1. The maximum absolute atomic E-state index is 11.2. The summed E-state index contributed by atoms with van der Waals surface area (Å²) in [6.07, 6.45) is 3.84. The van der Waals surface area contributed by atoms with Gasteiger partial charge in [-0.25, -0.2) is 0 Å². The van der Waals surface area contributed by atoms with Crippen molar-refractivity contribution in [3.63, 3.8) is 0 Å². The lowest BCUT2D eigenvalue weighted by Crippen LogP contribution is -2.16. The molecular weight excluding hydrogens is 142 g/mol. The first-order valence-electron chi connectivity index (χ1n) is 3.69. The smallest absolute Gasteiger partial charge is 0.292 e. The van der Waals surface area contributed by atoms with Gasteiger partial charge in [-0.2, -0.15) is 0 Å². The van der Waals surface area contributed by atoms with Crippen LogP contribution in [0.3, 0.4) is 0 Å². The number of aromatic hydroxyl groups is 1. The minimum atomic E-state index is -0.269. The predicted molar refractivity (Wildman–Crippen MR) is 40.6 cm³/mol. The molecule has 1 heterocycles. The van der Waals surface area contributed by atoms with E-state index in [-0.39, 0.29) is 11.3 Å². The second-order valence-electron chi connectivity index (χ2n) is 2.84. The summed E-state index contributed by atoms with van der Waals surface area (Å²) >= 11 is 0. The molecule has 1 aromatic rings. The van der Waals surface area contributed by atoms with Gasteiger partial charge in [-0.05, 0) is 25.0 Å². The van der Waals surface area contributed by atoms with Crippen LogP contribution in [0.4, 0.5) is 0 Å². The van der Waals surface area contributed by atoms with Crippen molar-refractivity contribution in [1.82, 2.24) is 4.57 Å². The van der Waals surface area contributed by atoms with Gasteiger partial charge in [-0.3, -0.25) is 4.79 Å². The minimum absolute atomic E-state index is 0.153. The van der Waals surface area contributed by atoms with Gasteiger partial charge >= 0.3 is 0 Å². The van der Waals surface area contributed by atoms with E-state index in [9.17, 15) is 4.79 Å². The Morgan fingerprint density at radius 2 is 2.27 bits per heavy atom. The molecule has 2 rings (SSSR count). The van der Waals surface area contributed by atoms with Crippen LogP contribution in [0.1, 0.15) is 18.9 Å². The topological polar surface area (TPSA) is 42.2 Å². The van der Waals surface area contributed by atoms with E-state index in [1.165, 1.54) is 6.07 Å². The molecule has 3 nitrogen and oxygen atoms in total. The van der Waals surface area contributed by atoms with Crippen molar-refractivity contribution in [1.29, 1.82) is 0 Å². The Hall–Kier alpha value is -1.25. The van der Waals surface area contributed by atoms with Crippen LogP contribution in [0, 0.1) is 0 Å². The number of nitrogens with zero attached hydrogens (tertiary/aromatic N) is 1. The van der Waals surface area contributed by atoms with Crippen molar-refractivity contribution in [3.8, 4) is 5.75 Å². The maximum Gasteiger partial charge on any atom is 0.292 e. The molecule has 11 heavy (non-hydrogen) atoms. The van der Waals surface area contributed by atoms with Gasteiger partial charge in [0.25, 0.3) is 5.56 Å². The first-order valence-corrected chi connectivity index (χ1v) is 3.69. The van der Waals surface area contributed by atoms with E-state index in [0.717, 1.165) is 12.8 Å². The van der Waals surface area contributed by atoms with Crippen molar-refractivity contribution in [2.24, 2.45) is 0 Å². The predicted octanol–water partition coefficient (Wildman–Crippen LogP) is 0.889. The molecule has 3 heteroatoms. The third kappa shape index (κ3) is 1.02. The molecule has 0 amide bonds. The van der Waals surface area contributed by atoms with Gasteiger partial charge in [0, 0.05) is 12.2 Å². The van der Waals surface area contributed by atoms with Crippen LogP contribution in [-0.4, -0.2) is 9.67 Å². The highest BCUT2D eigenvalue weighted by Gasteiger charge is 2.24. The maximum atomic E-state index is 11.2. The molecule has 0 bridgehead atoms. The van der Waals surface area contributed by atoms with Gasteiger partial charge in [0.1, 0.15) is 0 Å². The fourth-order valence-corrected chi connectivity index (χ4v) is 1.14. The molecule has 1 N–H and O–H groups in total. The number of hydrogen-bond acceptors (Lipinski definition) is 2. The number of rotatable bonds is 1. The first kappa shape index (κ1) is 6.46. The number of hydrogen-bond donors (Lipinski definition) is 1. The van der Waals surface area contributed by atoms with Crippen LogP contribution in [0.25, 0.3) is 0 Å². The Morgan fingerprint density at radius 1 is 1.55 bits per heavy atom. The highest BCUT2D eigenvalue weighted by atomic mass is 16.3. The van der Waals surface area contributed by atoms with Crippen molar-refractivity contribution >= 4 is 0 Å². The second kappa shape index (κ2) is 2.12. The third-order valence-electron chi connectivity index (χ3n) is 1.89. The zero-order chi connectivity index (χ0) is 7.84. The fraction of sp³-hybridized carbons (Fsp3) is 0.375. The van der Waals surface area contributed by atoms with E-state index >= 15 is 0 Å². The molecule has 1 fully saturated rings. The Labute approximate surface area is 63.9 Å². The molecule has 0 spiro atoms. The van der Waals surface area contributed by atoms with Crippen LogP contribution in [0.5, 0.6) is 5.75 Å². The highest BCUT2D eigenvalue weighted by Crippen LogP contribution is 2.33. The first-order chi connectivity index (χ1) is 5.29. The molecule has 1 saturated carbocycles. The van der Waals surface area contributed by atoms with Crippen LogP contribution < -0.4 is 5.56 Å². The standard InChI is InChI=1S/C8H9NO2/c10-7-2-1-5-9(8(7)11)6-3-4-6/h1-2,5-6,10H,3-4H2. The molecule has 0 aromatic carbocycles. The molecule has 0 aliphatic heterocycles. The lowest BCUT2D eigenvalue weighted by atomic mass is 10.4. The Kier molecular flexibility index (Phi) is 1.24. The molecular formula is C8H9NO2. The second-order valence-corrected chi connectivity index (χ2v) is 2.84. The average Bonchev–Trinajstić information content (AvgIpc) is 2.77. The summed E-state index contributed by atoms with van der Waals surface area (Å²) in [4.78, 5) is 11.2.